The number of aliphatic hydroxyl groups is 2. The molecule has 2 atom stereocenters. The molecule has 0 amide bonds. The maximum Gasteiger partial charge on any atom is 0.125 e. The molecule has 0 radical (unpaired) electrons. The first-order valence-corrected chi connectivity index (χ1v) is 7.34. The number of hydrogen-bond acceptors (Lipinski definition) is 4. The highest BCUT2D eigenvalue weighted by Crippen LogP contribution is 2.26. The average Bonchev–Trinajstić information content (AvgIpc) is 2.49. The summed E-state index contributed by atoms with van der Waals surface area (Å²) in [7, 11) is 0. The molecule has 0 heterocycles. The van der Waals surface area contributed by atoms with Gasteiger partial charge in [0.2, 0.25) is 0 Å². The van der Waals surface area contributed by atoms with Crippen LogP contribution in [0.1, 0.15) is 44.8 Å². The minimum absolute atomic E-state index is 0.166. The summed E-state index contributed by atoms with van der Waals surface area (Å²) in [5.74, 6) is 0.620. The van der Waals surface area contributed by atoms with Crippen LogP contribution in [-0.2, 0) is 4.74 Å². The van der Waals surface area contributed by atoms with Gasteiger partial charge in [-0.1, -0.05) is 38.5 Å². The molecule has 0 saturated carbocycles. The number of aliphatic hydroxyl groups excluding tert-OH is 2. The lowest BCUT2D eigenvalue weighted by molar-refractivity contribution is 0.0106. The Labute approximate surface area is 121 Å². The van der Waals surface area contributed by atoms with Crippen molar-refractivity contribution in [2.75, 3.05) is 19.8 Å². The van der Waals surface area contributed by atoms with Crippen LogP contribution in [0.2, 0.25) is 0 Å². The number of ether oxygens (including phenoxy) is 2. The second kappa shape index (κ2) is 9.75. The van der Waals surface area contributed by atoms with Crippen LogP contribution in [0, 0.1) is 0 Å². The van der Waals surface area contributed by atoms with E-state index >= 15 is 0 Å². The van der Waals surface area contributed by atoms with Crippen LogP contribution >= 0.6 is 0 Å². The molecule has 0 aliphatic heterocycles. The van der Waals surface area contributed by atoms with Gasteiger partial charge in [0.15, 0.2) is 0 Å². The highest BCUT2D eigenvalue weighted by atomic mass is 16.5. The molecule has 2 unspecified atom stereocenters. The first kappa shape index (κ1) is 17.0. The molecule has 114 valence electrons. The van der Waals surface area contributed by atoms with Crippen molar-refractivity contribution in [3.05, 3.63) is 29.8 Å². The van der Waals surface area contributed by atoms with Crippen molar-refractivity contribution in [2.24, 2.45) is 0 Å². The maximum atomic E-state index is 9.91. The molecule has 4 nitrogen and oxygen atoms in total. The zero-order valence-corrected chi connectivity index (χ0v) is 12.4. The normalized spacial score (nSPS) is 14.0. The SMILES string of the molecule is CCCCOCC(O)COc1ccccc1C(O)CC. The summed E-state index contributed by atoms with van der Waals surface area (Å²) in [6.07, 6.45) is 1.51. The maximum absolute atomic E-state index is 9.91. The minimum atomic E-state index is -0.654. The third-order valence-electron chi connectivity index (χ3n) is 3.05. The fraction of sp³-hybridized carbons (Fsp3) is 0.625. The number of para-hydroxylation sites is 1. The van der Waals surface area contributed by atoms with Gasteiger partial charge in [0.25, 0.3) is 0 Å². The number of benzene rings is 1. The van der Waals surface area contributed by atoms with Crippen molar-refractivity contribution in [3.63, 3.8) is 0 Å². The predicted molar refractivity (Wildman–Crippen MR) is 78.9 cm³/mol. The van der Waals surface area contributed by atoms with Gasteiger partial charge in [-0.15, -0.1) is 0 Å². The lowest BCUT2D eigenvalue weighted by atomic mass is 10.1. The molecule has 1 aromatic rings. The molecule has 4 heteroatoms. The van der Waals surface area contributed by atoms with Crippen molar-refractivity contribution >= 4 is 0 Å². The number of hydrogen-bond donors (Lipinski definition) is 2. The molecule has 20 heavy (non-hydrogen) atoms. The highest BCUT2D eigenvalue weighted by Gasteiger charge is 2.12. The molecule has 0 bridgehead atoms. The predicted octanol–water partition coefficient (Wildman–Crippen LogP) is 2.69. The van der Waals surface area contributed by atoms with E-state index in [4.69, 9.17) is 9.47 Å². The number of unbranched alkanes of at least 4 members (excludes halogenated alkanes) is 1. The Kier molecular flexibility index (Phi) is 8.26. The molecule has 1 aromatic carbocycles. The summed E-state index contributed by atoms with van der Waals surface area (Å²) in [5, 5.41) is 19.7. The van der Waals surface area contributed by atoms with Crippen LogP contribution in [-0.4, -0.2) is 36.1 Å². The lowest BCUT2D eigenvalue weighted by Gasteiger charge is -2.17. The summed E-state index contributed by atoms with van der Waals surface area (Å²) in [5.41, 5.74) is 0.758. The molecular weight excluding hydrogens is 256 g/mol. The summed E-state index contributed by atoms with van der Waals surface area (Å²) in [4.78, 5) is 0. The van der Waals surface area contributed by atoms with E-state index in [0.29, 0.717) is 18.8 Å². The second-order valence-corrected chi connectivity index (χ2v) is 4.86. The quantitative estimate of drug-likeness (QED) is 0.648. The monoisotopic (exact) mass is 282 g/mol. The van der Waals surface area contributed by atoms with Gasteiger partial charge >= 0.3 is 0 Å². The van der Waals surface area contributed by atoms with Crippen molar-refractivity contribution in [2.45, 2.75) is 45.3 Å². The van der Waals surface area contributed by atoms with Gasteiger partial charge in [0.05, 0.1) is 12.7 Å². The van der Waals surface area contributed by atoms with Gasteiger partial charge in [-0.3, -0.25) is 0 Å². The highest BCUT2D eigenvalue weighted by molar-refractivity contribution is 5.35. The first-order valence-electron chi connectivity index (χ1n) is 7.34. The van der Waals surface area contributed by atoms with Gasteiger partial charge in [-0.25, -0.2) is 0 Å². The van der Waals surface area contributed by atoms with Gasteiger partial charge in [0, 0.05) is 12.2 Å². The van der Waals surface area contributed by atoms with Gasteiger partial charge in [-0.2, -0.15) is 0 Å². The molecule has 0 aliphatic rings. The Bertz CT molecular complexity index is 367. The molecule has 0 fully saturated rings. The van der Waals surface area contributed by atoms with E-state index in [9.17, 15) is 10.2 Å². The molecule has 0 aliphatic carbocycles. The topological polar surface area (TPSA) is 58.9 Å². The zero-order valence-electron chi connectivity index (χ0n) is 12.4. The second-order valence-electron chi connectivity index (χ2n) is 4.86. The molecule has 0 spiro atoms. The van der Waals surface area contributed by atoms with Crippen molar-refractivity contribution in [1.29, 1.82) is 0 Å². The van der Waals surface area contributed by atoms with E-state index < -0.39 is 12.2 Å². The van der Waals surface area contributed by atoms with Crippen LogP contribution in [0.5, 0.6) is 5.75 Å². The fourth-order valence-corrected chi connectivity index (χ4v) is 1.81. The molecule has 0 saturated heterocycles. The van der Waals surface area contributed by atoms with Crippen LogP contribution < -0.4 is 4.74 Å². The van der Waals surface area contributed by atoms with Crippen molar-refractivity contribution in [1.82, 2.24) is 0 Å². The first-order chi connectivity index (χ1) is 9.69. The summed E-state index contributed by atoms with van der Waals surface area (Å²) in [6, 6.07) is 7.36. The van der Waals surface area contributed by atoms with E-state index in [2.05, 4.69) is 6.92 Å². The van der Waals surface area contributed by atoms with Crippen LogP contribution in [0.4, 0.5) is 0 Å². The summed E-state index contributed by atoms with van der Waals surface area (Å²) >= 11 is 0. The third-order valence-corrected chi connectivity index (χ3v) is 3.05. The fourth-order valence-electron chi connectivity index (χ4n) is 1.81. The minimum Gasteiger partial charge on any atom is -0.490 e. The van der Waals surface area contributed by atoms with Crippen LogP contribution in [0.25, 0.3) is 0 Å². The Morgan fingerprint density at radius 1 is 1.10 bits per heavy atom. The molecule has 0 aromatic heterocycles. The largest absolute Gasteiger partial charge is 0.490 e. The van der Waals surface area contributed by atoms with Crippen LogP contribution in [0.3, 0.4) is 0 Å². The molecule has 2 N–H and O–H groups in total. The summed E-state index contributed by atoms with van der Waals surface area (Å²) < 4.78 is 10.9. The average molecular weight is 282 g/mol. The zero-order chi connectivity index (χ0) is 14.8. The van der Waals surface area contributed by atoms with Gasteiger partial charge in [0.1, 0.15) is 18.5 Å². The van der Waals surface area contributed by atoms with Gasteiger partial charge in [-0.05, 0) is 18.9 Å². The Hall–Kier alpha value is -1.10. The molecule has 1 rings (SSSR count). The van der Waals surface area contributed by atoms with E-state index in [1.165, 1.54) is 0 Å². The number of rotatable bonds is 10. The Morgan fingerprint density at radius 3 is 2.55 bits per heavy atom. The summed E-state index contributed by atoms with van der Waals surface area (Å²) in [6.45, 7) is 5.12. The smallest absolute Gasteiger partial charge is 0.125 e. The van der Waals surface area contributed by atoms with E-state index in [1.54, 1.807) is 6.07 Å². The van der Waals surface area contributed by atoms with Crippen LogP contribution in [0.15, 0.2) is 24.3 Å². The third kappa shape index (κ3) is 5.90. The Morgan fingerprint density at radius 2 is 1.85 bits per heavy atom. The van der Waals surface area contributed by atoms with E-state index in [0.717, 1.165) is 18.4 Å². The lowest BCUT2D eigenvalue weighted by Crippen LogP contribution is -2.24. The van der Waals surface area contributed by atoms with E-state index in [-0.39, 0.29) is 13.2 Å². The Balaban J connectivity index is 2.41. The van der Waals surface area contributed by atoms with Crippen molar-refractivity contribution < 1.29 is 19.7 Å². The molecular formula is C16H26O4. The van der Waals surface area contributed by atoms with Gasteiger partial charge < -0.3 is 19.7 Å². The standard InChI is InChI=1S/C16H26O4/c1-3-5-10-19-11-13(17)12-20-16-9-7-6-8-14(16)15(18)4-2/h6-9,13,15,17-18H,3-5,10-12H2,1-2H3. The van der Waals surface area contributed by atoms with Crippen molar-refractivity contribution in [3.8, 4) is 5.75 Å². The van der Waals surface area contributed by atoms with E-state index in [1.807, 2.05) is 25.1 Å².